The fourth-order valence-corrected chi connectivity index (χ4v) is 1.85. The minimum atomic E-state index is -0.595. The van der Waals surface area contributed by atoms with Gasteiger partial charge in [-0.05, 0) is 24.1 Å². The van der Waals surface area contributed by atoms with Crippen LogP contribution in [0.5, 0.6) is 5.75 Å². The Kier molecular flexibility index (Phi) is 9.04. The molecular formula is C16H27NO3. The second-order valence-corrected chi connectivity index (χ2v) is 4.95. The van der Waals surface area contributed by atoms with Gasteiger partial charge in [-0.25, -0.2) is 0 Å². The van der Waals surface area contributed by atoms with Crippen molar-refractivity contribution < 1.29 is 14.6 Å². The van der Waals surface area contributed by atoms with Crippen molar-refractivity contribution >= 4 is 0 Å². The molecule has 1 aromatic carbocycles. The van der Waals surface area contributed by atoms with Crippen molar-refractivity contribution in [2.45, 2.75) is 45.3 Å². The number of hydrogen-bond acceptors (Lipinski definition) is 4. The van der Waals surface area contributed by atoms with Crippen LogP contribution in [0.1, 0.15) is 38.2 Å². The van der Waals surface area contributed by atoms with Crippen molar-refractivity contribution in [3.05, 3.63) is 29.8 Å². The lowest BCUT2D eigenvalue weighted by Gasteiger charge is -2.13. The number of hydrogen-bond donors (Lipinski definition) is 2. The number of aliphatic hydroxyl groups excluding tert-OH is 1. The molecule has 114 valence electrons. The lowest BCUT2D eigenvalue weighted by atomic mass is 10.2. The van der Waals surface area contributed by atoms with Gasteiger partial charge in [-0.2, -0.15) is 0 Å². The largest absolute Gasteiger partial charge is 0.491 e. The van der Waals surface area contributed by atoms with Crippen LogP contribution in [0, 0.1) is 0 Å². The molecule has 20 heavy (non-hydrogen) atoms. The Balaban J connectivity index is 2.11. The summed E-state index contributed by atoms with van der Waals surface area (Å²) in [7, 11) is 0. The number of rotatable bonds is 11. The van der Waals surface area contributed by atoms with Crippen LogP contribution in [0.4, 0.5) is 0 Å². The molecule has 0 aliphatic carbocycles. The maximum absolute atomic E-state index is 9.76. The van der Waals surface area contributed by atoms with E-state index in [-0.39, 0.29) is 6.61 Å². The lowest BCUT2D eigenvalue weighted by molar-refractivity contribution is 0.0110. The van der Waals surface area contributed by atoms with E-state index in [9.17, 15) is 5.11 Å². The smallest absolute Gasteiger partial charge is 0.119 e. The van der Waals surface area contributed by atoms with E-state index >= 15 is 0 Å². The highest BCUT2D eigenvalue weighted by Gasteiger charge is 2.05. The van der Waals surface area contributed by atoms with Gasteiger partial charge in [0.15, 0.2) is 0 Å². The Bertz CT molecular complexity index is 357. The second kappa shape index (κ2) is 10.7. The highest BCUT2D eigenvalue weighted by atomic mass is 16.5. The molecule has 0 aliphatic heterocycles. The van der Waals surface area contributed by atoms with Gasteiger partial charge in [-0.3, -0.25) is 0 Å². The maximum Gasteiger partial charge on any atom is 0.119 e. The van der Waals surface area contributed by atoms with Gasteiger partial charge < -0.3 is 20.3 Å². The lowest BCUT2D eigenvalue weighted by Crippen LogP contribution is -2.23. The van der Waals surface area contributed by atoms with Crippen LogP contribution >= 0.6 is 0 Å². The summed E-state index contributed by atoms with van der Waals surface area (Å²) >= 11 is 0. The molecule has 0 saturated heterocycles. The van der Waals surface area contributed by atoms with Gasteiger partial charge >= 0.3 is 0 Å². The van der Waals surface area contributed by atoms with Gasteiger partial charge in [0.25, 0.3) is 0 Å². The first-order valence-corrected chi connectivity index (χ1v) is 7.44. The van der Waals surface area contributed by atoms with Gasteiger partial charge in [0.2, 0.25) is 0 Å². The van der Waals surface area contributed by atoms with Gasteiger partial charge in [0.1, 0.15) is 18.5 Å². The molecule has 0 radical (unpaired) electrons. The van der Waals surface area contributed by atoms with Crippen LogP contribution in [0.3, 0.4) is 0 Å². The predicted molar refractivity (Wildman–Crippen MR) is 80.8 cm³/mol. The summed E-state index contributed by atoms with van der Waals surface area (Å²) in [5, 5.41) is 9.76. The third kappa shape index (κ3) is 7.48. The molecule has 1 atom stereocenters. The molecular weight excluding hydrogens is 254 g/mol. The van der Waals surface area contributed by atoms with Gasteiger partial charge in [0.05, 0.1) is 6.61 Å². The van der Waals surface area contributed by atoms with E-state index in [0.717, 1.165) is 17.7 Å². The molecule has 4 heteroatoms. The predicted octanol–water partition coefficient (Wildman–Crippen LogP) is 2.48. The van der Waals surface area contributed by atoms with Gasteiger partial charge in [0, 0.05) is 13.2 Å². The molecule has 0 saturated carbocycles. The van der Waals surface area contributed by atoms with E-state index in [1.807, 2.05) is 24.3 Å². The Morgan fingerprint density at radius 3 is 2.80 bits per heavy atom. The number of unbranched alkanes of at least 4 members (excludes halogenated alkanes) is 3. The molecule has 1 unspecified atom stereocenters. The van der Waals surface area contributed by atoms with E-state index in [1.165, 1.54) is 19.3 Å². The molecule has 1 aromatic rings. The van der Waals surface area contributed by atoms with Gasteiger partial charge in [-0.15, -0.1) is 0 Å². The van der Waals surface area contributed by atoms with Crippen molar-refractivity contribution in [1.82, 2.24) is 0 Å². The van der Waals surface area contributed by atoms with Crippen LogP contribution in [-0.2, 0) is 11.3 Å². The zero-order valence-corrected chi connectivity index (χ0v) is 12.4. The number of benzene rings is 1. The molecule has 0 amide bonds. The Morgan fingerprint density at radius 2 is 2.05 bits per heavy atom. The number of aliphatic hydroxyl groups is 1. The quantitative estimate of drug-likeness (QED) is 0.612. The maximum atomic E-state index is 9.76. The van der Waals surface area contributed by atoms with Crippen molar-refractivity contribution in [1.29, 1.82) is 0 Å². The third-order valence-corrected chi connectivity index (χ3v) is 3.03. The number of nitrogens with two attached hydrogens (primary N) is 1. The van der Waals surface area contributed by atoms with E-state index in [0.29, 0.717) is 19.8 Å². The standard InChI is InChI=1S/C16H27NO3/c1-2-3-4-5-9-19-12-15(18)13-20-16-8-6-7-14(10-16)11-17/h6-8,10,15,18H,2-5,9,11-13,17H2,1H3. The first kappa shape index (κ1) is 17.0. The second-order valence-electron chi connectivity index (χ2n) is 4.95. The normalized spacial score (nSPS) is 12.3. The highest BCUT2D eigenvalue weighted by Crippen LogP contribution is 2.13. The van der Waals surface area contributed by atoms with Crippen LogP contribution in [0.2, 0.25) is 0 Å². The summed E-state index contributed by atoms with van der Waals surface area (Å²) in [6, 6.07) is 7.59. The zero-order valence-electron chi connectivity index (χ0n) is 12.4. The molecule has 0 heterocycles. The monoisotopic (exact) mass is 281 g/mol. The summed E-state index contributed by atoms with van der Waals surface area (Å²) < 4.78 is 10.9. The summed E-state index contributed by atoms with van der Waals surface area (Å²) in [6.07, 6.45) is 4.11. The highest BCUT2D eigenvalue weighted by molar-refractivity contribution is 5.28. The SMILES string of the molecule is CCCCCCOCC(O)COc1cccc(CN)c1. The summed E-state index contributed by atoms with van der Waals surface area (Å²) in [5.74, 6) is 0.731. The Labute approximate surface area is 121 Å². The van der Waals surface area contributed by atoms with Crippen molar-refractivity contribution in [3.63, 3.8) is 0 Å². The molecule has 4 nitrogen and oxygen atoms in total. The third-order valence-electron chi connectivity index (χ3n) is 3.03. The van der Waals surface area contributed by atoms with Crippen LogP contribution in [0.25, 0.3) is 0 Å². The topological polar surface area (TPSA) is 64.7 Å². The number of ether oxygens (including phenoxy) is 2. The van der Waals surface area contributed by atoms with E-state index in [2.05, 4.69) is 6.92 Å². The first-order valence-electron chi connectivity index (χ1n) is 7.44. The minimum Gasteiger partial charge on any atom is -0.491 e. The summed E-state index contributed by atoms with van der Waals surface area (Å²) in [5.41, 5.74) is 6.58. The molecule has 0 aliphatic rings. The van der Waals surface area contributed by atoms with Crippen molar-refractivity contribution in [2.75, 3.05) is 19.8 Å². The van der Waals surface area contributed by atoms with Gasteiger partial charge in [-0.1, -0.05) is 38.3 Å². The van der Waals surface area contributed by atoms with Crippen LogP contribution in [-0.4, -0.2) is 31.0 Å². The average molecular weight is 281 g/mol. The fourth-order valence-electron chi connectivity index (χ4n) is 1.85. The average Bonchev–Trinajstić information content (AvgIpc) is 2.49. The van der Waals surface area contributed by atoms with E-state index in [1.54, 1.807) is 0 Å². The van der Waals surface area contributed by atoms with Crippen LogP contribution in [0.15, 0.2) is 24.3 Å². The summed E-state index contributed by atoms with van der Waals surface area (Å²) in [6.45, 7) is 3.94. The van der Waals surface area contributed by atoms with Crippen molar-refractivity contribution in [3.8, 4) is 5.75 Å². The molecule has 0 spiro atoms. The molecule has 0 aromatic heterocycles. The fraction of sp³-hybridized carbons (Fsp3) is 0.625. The Morgan fingerprint density at radius 1 is 1.20 bits per heavy atom. The molecule has 3 N–H and O–H groups in total. The van der Waals surface area contributed by atoms with Crippen molar-refractivity contribution in [2.24, 2.45) is 5.73 Å². The first-order chi connectivity index (χ1) is 9.76. The van der Waals surface area contributed by atoms with E-state index < -0.39 is 6.10 Å². The molecule has 0 fully saturated rings. The zero-order chi connectivity index (χ0) is 14.6. The Hall–Kier alpha value is -1.10. The minimum absolute atomic E-state index is 0.239. The molecule has 1 rings (SSSR count). The molecule has 0 bridgehead atoms. The summed E-state index contributed by atoms with van der Waals surface area (Å²) in [4.78, 5) is 0. The van der Waals surface area contributed by atoms with E-state index in [4.69, 9.17) is 15.2 Å². The van der Waals surface area contributed by atoms with Crippen LogP contribution < -0.4 is 10.5 Å².